The lowest BCUT2D eigenvalue weighted by molar-refractivity contribution is -0.143. The molecular formula is C28H38N2O8S. The molecule has 11 heteroatoms. The van der Waals surface area contributed by atoms with Gasteiger partial charge in [-0.15, -0.1) is 0 Å². The molecule has 10 nitrogen and oxygen atoms in total. The summed E-state index contributed by atoms with van der Waals surface area (Å²) >= 11 is 0. The van der Waals surface area contributed by atoms with Gasteiger partial charge in [-0.3, -0.25) is 9.69 Å². The van der Waals surface area contributed by atoms with Crippen LogP contribution in [-0.4, -0.2) is 80.8 Å². The van der Waals surface area contributed by atoms with E-state index in [0.717, 1.165) is 11.1 Å². The molecule has 0 radical (unpaired) electrons. The van der Waals surface area contributed by atoms with Crippen LogP contribution in [0.5, 0.6) is 17.2 Å². The molecule has 39 heavy (non-hydrogen) atoms. The predicted octanol–water partition coefficient (Wildman–Crippen LogP) is 3.69. The highest BCUT2D eigenvalue weighted by molar-refractivity contribution is 7.89. The minimum Gasteiger partial charge on any atom is -0.497 e. The van der Waals surface area contributed by atoms with E-state index in [1.165, 1.54) is 4.31 Å². The number of carboxylic acids is 1. The van der Waals surface area contributed by atoms with Gasteiger partial charge in [0, 0.05) is 44.7 Å². The van der Waals surface area contributed by atoms with Crippen molar-refractivity contribution in [2.24, 2.45) is 5.92 Å². The van der Waals surface area contributed by atoms with Crippen LogP contribution in [0.2, 0.25) is 0 Å². The summed E-state index contributed by atoms with van der Waals surface area (Å²) in [5.41, 5.74) is 0.716. The first-order valence-electron chi connectivity index (χ1n) is 13.3. The largest absolute Gasteiger partial charge is 0.497 e. The van der Waals surface area contributed by atoms with Crippen molar-refractivity contribution < 1.29 is 37.3 Å². The van der Waals surface area contributed by atoms with Gasteiger partial charge in [-0.05, 0) is 55.7 Å². The number of likely N-dealkylation sites (tertiary alicyclic amines) is 1. The van der Waals surface area contributed by atoms with E-state index < -0.39 is 33.4 Å². The van der Waals surface area contributed by atoms with Gasteiger partial charge >= 0.3 is 5.97 Å². The second-order valence-corrected chi connectivity index (χ2v) is 12.0. The highest BCUT2D eigenvalue weighted by Gasteiger charge is 2.47. The van der Waals surface area contributed by atoms with E-state index in [1.807, 2.05) is 49.4 Å². The second kappa shape index (κ2) is 12.5. The van der Waals surface area contributed by atoms with Crippen molar-refractivity contribution in [3.8, 4) is 17.2 Å². The summed E-state index contributed by atoms with van der Waals surface area (Å²) in [4.78, 5) is 14.9. The first-order chi connectivity index (χ1) is 18.7. The molecule has 2 heterocycles. The molecule has 2 aromatic carbocycles. The molecule has 0 aromatic heterocycles. The number of fused-ring (bicyclic) bond motifs is 1. The van der Waals surface area contributed by atoms with Crippen molar-refractivity contribution in [2.45, 2.75) is 44.6 Å². The zero-order valence-corrected chi connectivity index (χ0v) is 23.7. The van der Waals surface area contributed by atoms with Crippen molar-refractivity contribution in [2.75, 3.05) is 46.7 Å². The van der Waals surface area contributed by atoms with Gasteiger partial charge in [-0.1, -0.05) is 25.1 Å². The van der Waals surface area contributed by atoms with E-state index in [0.29, 0.717) is 49.9 Å². The van der Waals surface area contributed by atoms with Crippen molar-refractivity contribution in [1.29, 1.82) is 0 Å². The van der Waals surface area contributed by atoms with Gasteiger partial charge in [0.15, 0.2) is 16.9 Å². The van der Waals surface area contributed by atoms with E-state index in [9.17, 15) is 18.3 Å². The van der Waals surface area contributed by atoms with Gasteiger partial charge in [-0.2, -0.15) is 4.31 Å². The number of carboxylic acid groups (broad SMARTS) is 1. The molecule has 4 unspecified atom stereocenters. The van der Waals surface area contributed by atoms with Crippen molar-refractivity contribution >= 4 is 16.0 Å². The Labute approximate surface area is 230 Å². The average molecular weight is 563 g/mol. The Morgan fingerprint density at radius 1 is 1.10 bits per heavy atom. The highest BCUT2D eigenvalue weighted by Crippen LogP contribution is 2.47. The monoisotopic (exact) mass is 562 g/mol. The molecule has 0 saturated carbocycles. The number of ether oxygens (including phenoxy) is 4. The third-order valence-electron chi connectivity index (χ3n) is 7.46. The lowest BCUT2D eigenvalue weighted by Crippen LogP contribution is -2.43. The molecule has 0 amide bonds. The summed E-state index contributed by atoms with van der Waals surface area (Å²) in [6.45, 7) is 7.05. The number of hydrogen-bond donors (Lipinski definition) is 1. The van der Waals surface area contributed by atoms with Gasteiger partial charge in [0.05, 0.1) is 13.0 Å². The molecule has 1 saturated heterocycles. The van der Waals surface area contributed by atoms with Gasteiger partial charge in [0.1, 0.15) is 5.75 Å². The SMILES string of the molecule is CCCN(CCN1CC(c2ccc3c(c2)OCO3)C(C(=O)O)C1c1ccc(OC)cc1)S(=O)(=O)C(C)OCC. The molecule has 4 atom stereocenters. The third-order valence-corrected chi connectivity index (χ3v) is 9.52. The Hall–Kier alpha value is -2.86. The van der Waals surface area contributed by atoms with Crippen molar-refractivity contribution in [3.63, 3.8) is 0 Å². The van der Waals surface area contributed by atoms with E-state index >= 15 is 0 Å². The third kappa shape index (κ3) is 6.16. The van der Waals surface area contributed by atoms with Gasteiger partial charge in [0.2, 0.25) is 16.8 Å². The molecule has 2 aliphatic rings. The Balaban J connectivity index is 1.67. The number of aliphatic carboxylic acids is 1. The van der Waals surface area contributed by atoms with E-state index in [2.05, 4.69) is 4.90 Å². The van der Waals surface area contributed by atoms with Gasteiger partial charge in [-0.25, -0.2) is 8.42 Å². The molecule has 2 aromatic rings. The summed E-state index contributed by atoms with van der Waals surface area (Å²) in [5.74, 6) is -0.117. The molecule has 1 fully saturated rings. The van der Waals surface area contributed by atoms with Crippen LogP contribution in [0.1, 0.15) is 50.3 Å². The summed E-state index contributed by atoms with van der Waals surface area (Å²) in [7, 11) is -2.11. The molecule has 0 spiro atoms. The maximum atomic E-state index is 13.3. The van der Waals surface area contributed by atoms with Crippen LogP contribution >= 0.6 is 0 Å². The summed E-state index contributed by atoms with van der Waals surface area (Å²) in [6, 6.07) is 12.5. The quantitative estimate of drug-likeness (QED) is 0.390. The molecule has 1 N–H and O–H groups in total. The first kappa shape index (κ1) is 29.1. The first-order valence-corrected chi connectivity index (χ1v) is 14.8. The van der Waals surface area contributed by atoms with Gasteiger partial charge < -0.3 is 24.1 Å². The summed E-state index contributed by atoms with van der Waals surface area (Å²) in [5, 5.41) is 10.5. The normalized spacial score (nSPS) is 21.8. The van der Waals surface area contributed by atoms with Crippen LogP contribution in [0, 0.1) is 5.92 Å². The predicted molar refractivity (Wildman–Crippen MR) is 146 cm³/mol. The lowest BCUT2D eigenvalue weighted by atomic mass is 9.82. The average Bonchev–Trinajstić information content (AvgIpc) is 3.55. The molecule has 4 rings (SSSR count). The van der Waals surface area contributed by atoms with Crippen LogP contribution in [0.15, 0.2) is 42.5 Å². The standard InChI is InChI=1S/C28H38N2O8S/c1-5-13-30(39(33,34)19(3)36-6-2)15-14-29-17-23(21-9-12-24-25(16-21)38-18-37-24)26(28(31)32)27(29)20-7-10-22(35-4)11-8-20/h7-12,16,19,23,26-27H,5-6,13-15,17-18H2,1-4H3,(H,31,32). The number of carbonyl (C=O) groups is 1. The minimum absolute atomic E-state index is 0.133. The van der Waals surface area contributed by atoms with Crippen LogP contribution < -0.4 is 14.2 Å². The van der Waals surface area contributed by atoms with Crippen molar-refractivity contribution in [3.05, 3.63) is 53.6 Å². The number of sulfonamides is 1. The molecule has 0 aliphatic carbocycles. The fourth-order valence-corrected chi connectivity index (χ4v) is 7.03. The van der Waals surface area contributed by atoms with E-state index in [1.54, 1.807) is 21.0 Å². The summed E-state index contributed by atoms with van der Waals surface area (Å²) in [6.07, 6.45) is 0.650. The number of nitrogens with zero attached hydrogens (tertiary/aromatic N) is 2. The Bertz CT molecular complexity index is 1240. The minimum atomic E-state index is -3.69. The zero-order chi connectivity index (χ0) is 28.2. The topological polar surface area (TPSA) is 115 Å². The van der Waals surface area contributed by atoms with E-state index in [-0.39, 0.29) is 19.3 Å². The van der Waals surface area contributed by atoms with Crippen LogP contribution in [0.3, 0.4) is 0 Å². The Kier molecular flexibility index (Phi) is 9.37. The number of rotatable bonds is 13. The van der Waals surface area contributed by atoms with Crippen LogP contribution in [0.25, 0.3) is 0 Å². The fourth-order valence-electron chi connectivity index (χ4n) is 5.53. The fraction of sp³-hybridized carbons (Fsp3) is 0.536. The Morgan fingerprint density at radius 2 is 1.79 bits per heavy atom. The number of hydrogen-bond acceptors (Lipinski definition) is 8. The maximum absolute atomic E-state index is 13.3. The number of benzene rings is 2. The Morgan fingerprint density at radius 3 is 2.44 bits per heavy atom. The van der Waals surface area contributed by atoms with Crippen LogP contribution in [0.4, 0.5) is 0 Å². The zero-order valence-electron chi connectivity index (χ0n) is 22.9. The molecule has 214 valence electrons. The van der Waals surface area contributed by atoms with Gasteiger partial charge in [0.25, 0.3) is 0 Å². The number of methoxy groups -OCH3 is 1. The summed E-state index contributed by atoms with van der Waals surface area (Å²) < 4.78 is 49.7. The molecule has 0 bridgehead atoms. The van der Waals surface area contributed by atoms with Crippen molar-refractivity contribution in [1.82, 2.24) is 9.21 Å². The van der Waals surface area contributed by atoms with Crippen LogP contribution in [-0.2, 0) is 19.6 Å². The maximum Gasteiger partial charge on any atom is 0.309 e. The van der Waals surface area contributed by atoms with E-state index in [4.69, 9.17) is 18.9 Å². The lowest BCUT2D eigenvalue weighted by Gasteiger charge is -2.31. The molecule has 2 aliphatic heterocycles. The molecular weight excluding hydrogens is 524 g/mol. The highest BCUT2D eigenvalue weighted by atomic mass is 32.2. The smallest absolute Gasteiger partial charge is 0.309 e. The second-order valence-electron chi connectivity index (χ2n) is 9.76.